The fraction of sp³-hybridized carbons (Fsp3) is 0.200. The number of ether oxygens (including phenoxy) is 2. The number of hydrogen-bond acceptors (Lipinski definition) is 4. The van der Waals surface area contributed by atoms with Gasteiger partial charge in [-0.1, -0.05) is 28.1 Å². The number of rotatable bonds is 7. The quantitative estimate of drug-likeness (QED) is 0.519. The number of hydrogen-bond donors (Lipinski definition) is 2. The molecule has 0 radical (unpaired) electrons. The van der Waals surface area contributed by atoms with Crippen LogP contribution in [0.15, 0.2) is 53.0 Å². The molecule has 0 aliphatic carbocycles. The smallest absolute Gasteiger partial charge is 0.276 e. The first-order chi connectivity index (χ1) is 13.0. The second-order valence-corrected chi connectivity index (χ2v) is 6.43. The van der Waals surface area contributed by atoms with Crippen LogP contribution in [0.1, 0.15) is 18.1 Å². The van der Waals surface area contributed by atoms with Crippen molar-refractivity contribution in [3.63, 3.8) is 0 Å². The van der Waals surface area contributed by atoms with Crippen molar-refractivity contribution in [3.05, 3.63) is 64.1 Å². The lowest BCUT2D eigenvalue weighted by Gasteiger charge is -2.08. The zero-order valence-corrected chi connectivity index (χ0v) is 16.7. The summed E-state index contributed by atoms with van der Waals surface area (Å²) in [6, 6.07) is 12.7. The van der Waals surface area contributed by atoms with Crippen molar-refractivity contribution < 1.29 is 19.1 Å². The highest BCUT2D eigenvalue weighted by Gasteiger charge is 2.05. The van der Waals surface area contributed by atoms with Gasteiger partial charge in [-0.05, 0) is 61.4 Å². The maximum atomic E-state index is 11.8. The monoisotopic (exact) mass is 432 g/mol. The number of benzene rings is 2. The maximum Gasteiger partial charge on any atom is 0.276 e. The molecule has 27 heavy (non-hydrogen) atoms. The highest BCUT2D eigenvalue weighted by molar-refractivity contribution is 9.10. The fourth-order valence-corrected chi connectivity index (χ4v) is 2.33. The first-order valence-corrected chi connectivity index (χ1v) is 9.16. The van der Waals surface area contributed by atoms with Crippen LogP contribution in [0, 0.1) is 6.92 Å². The summed E-state index contributed by atoms with van der Waals surface area (Å²) in [6.07, 6.45) is 2.97. The Morgan fingerprint density at radius 3 is 2.41 bits per heavy atom. The summed E-state index contributed by atoms with van der Waals surface area (Å²) in [4.78, 5) is 23.5. The lowest BCUT2D eigenvalue weighted by Crippen LogP contribution is -2.43. The van der Waals surface area contributed by atoms with E-state index in [1.54, 1.807) is 12.1 Å². The molecular formula is C20H21BrN2O4. The van der Waals surface area contributed by atoms with Crippen LogP contribution in [0.4, 0.5) is 0 Å². The minimum absolute atomic E-state index is 0.204. The molecule has 0 atom stereocenters. The highest BCUT2D eigenvalue weighted by atomic mass is 79.9. The van der Waals surface area contributed by atoms with Crippen LogP contribution in [0.3, 0.4) is 0 Å². The van der Waals surface area contributed by atoms with Gasteiger partial charge in [0.2, 0.25) is 0 Å². The Labute approximate surface area is 166 Å². The molecule has 0 bridgehead atoms. The van der Waals surface area contributed by atoms with Crippen LogP contribution in [0.25, 0.3) is 6.08 Å². The van der Waals surface area contributed by atoms with E-state index < -0.39 is 11.8 Å². The van der Waals surface area contributed by atoms with E-state index >= 15 is 0 Å². The summed E-state index contributed by atoms with van der Waals surface area (Å²) in [5, 5.41) is 0. The van der Waals surface area contributed by atoms with Crippen LogP contribution in [-0.2, 0) is 9.59 Å². The lowest BCUT2D eigenvalue weighted by atomic mass is 10.2. The molecule has 0 unspecified atom stereocenters. The van der Waals surface area contributed by atoms with Crippen LogP contribution in [-0.4, -0.2) is 25.0 Å². The van der Waals surface area contributed by atoms with E-state index in [4.69, 9.17) is 9.47 Å². The predicted octanol–water partition coefficient (Wildman–Crippen LogP) is 3.40. The van der Waals surface area contributed by atoms with Gasteiger partial charge < -0.3 is 9.47 Å². The van der Waals surface area contributed by atoms with Gasteiger partial charge in [0.15, 0.2) is 6.61 Å². The second-order valence-electron chi connectivity index (χ2n) is 5.57. The third-order valence-electron chi connectivity index (χ3n) is 3.44. The Morgan fingerprint density at radius 1 is 1.04 bits per heavy atom. The van der Waals surface area contributed by atoms with Gasteiger partial charge in [-0.15, -0.1) is 0 Å². The largest absolute Gasteiger partial charge is 0.494 e. The summed E-state index contributed by atoms with van der Waals surface area (Å²) >= 11 is 3.40. The number of amides is 2. The standard InChI is InChI=1S/C20H21BrN2O4/c1-3-26-16-7-4-15(5-8-16)6-11-19(24)22-23-20(25)13-27-17-9-10-18(21)14(2)12-17/h4-12H,3,13H2,1-2H3,(H,22,24)(H,23,25)/b11-6+. The Bertz CT molecular complexity index is 819. The summed E-state index contributed by atoms with van der Waals surface area (Å²) in [5.41, 5.74) is 6.44. The predicted molar refractivity (Wildman–Crippen MR) is 107 cm³/mol. The van der Waals surface area contributed by atoms with Gasteiger partial charge in [0.1, 0.15) is 11.5 Å². The van der Waals surface area contributed by atoms with E-state index in [-0.39, 0.29) is 6.61 Å². The molecule has 2 amide bonds. The summed E-state index contributed by atoms with van der Waals surface area (Å²) in [7, 11) is 0. The van der Waals surface area contributed by atoms with Crippen molar-refractivity contribution in [2.45, 2.75) is 13.8 Å². The van der Waals surface area contributed by atoms with Crippen molar-refractivity contribution in [3.8, 4) is 11.5 Å². The molecule has 142 valence electrons. The van der Waals surface area contributed by atoms with Crippen LogP contribution in [0.5, 0.6) is 11.5 Å². The average Bonchev–Trinajstić information content (AvgIpc) is 2.67. The van der Waals surface area contributed by atoms with Crippen molar-refractivity contribution in [1.82, 2.24) is 10.9 Å². The number of hydrazine groups is 1. The fourth-order valence-electron chi connectivity index (χ4n) is 2.08. The Morgan fingerprint density at radius 2 is 1.74 bits per heavy atom. The lowest BCUT2D eigenvalue weighted by molar-refractivity contribution is -0.128. The Hall–Kier alpha value is -2.80. The Kier molecular flexibility index (Phi) is 7.88. The topological polar surface area (TPSA) is 76.7 Å². The number of nitrogens with one attached hydrogen (secondary N) is 2. The molecule has 0 fully saturated rings. The molecule has 0 aliphatic heterocycles. The van der Waals surface area contributed by atoms with Gasteiger partial charge >= 0.3 is 0 Å². The SMILES string of the molecule is CCOc1ccc(/C=C/C(=O)NNC(=O)COc2ccc(Br)c(C)c2)cc1. The molecule has 0 heterocycles. The van der Waals surface area contributed by atoms with Gasteiger partial charge in [-0.2, -0.15) is 0 Å². The number of aryl methyl sites for hydroxylation is 1. The molecule has 6 nitrogen and oxygen atoms in total. The summed E-state index contributed by atoms with van der Waals surface area (Å²) in [5.74, 6) is 0.440. The van der Waals surface area contributed by atoms with Crippen molar-refractivity contribution in [2.24, 2.45) is 0 Å². The second kappa shape index (κ2) is 10.4. The van der Waals surface area contributed by atoms with Crippen molar-refractivity contribution in [2.75, 3.05) is 13.2 Å². The van der Waals surface area contributed by atoms with Crippen LogP contribution >= 0.6 is 15.9 Å². The number of carbonyl (C=O) groups is 2. The molecule has 0 spiro atoms. The molecule has 2 aromatic rings. The normalized spacial score (nSPS) is 10.5. The zero-order chi connectivity index (χ0) is 19.6. The molecule has 7 heteroatoms. The number of carbonyl (C=O) groups excluding carboxylic acids is 2. The van der Waals surface area contributed by atoms with Gasteiger partial charge in [0, 0.05) is 10.5 Å². The van der Waals surface area contributed by atoms with E-state index in [9.17, 15) is 9.59 Å². The molecule has 2 rings (SSSR count). The summed E-state index contributed by atoms with van der Waals surface area (Å²) in [6.45, 7) is 4.23. The van der Waals surface area contributed by atoms with E-state index in [0.29, 0.717) is 12.4 Å². The molecular weight excluding hydrogens is 412 g/mol. The zero-order valence-electron chi connectivity index (χ0n) is 15.1. The van der Waals surface area contributed by atoms with Crippen LogP contribution in [0.2, 0.25) is 0 Å². The minimum Gasteiger partial charge on any atom is -0.494 e. The van der Waals surface area contributed by atoms with Crippen molar-refractivity contribution >= 4 is 33.8 Å². The van der Waals surface area contributed by atoms with E-state index in [1.807, 2.05) is 50.2 Å². The van der Waals surface area contributed by atoms with E-state index in [1.165, 1.54) is 6.08 Å². The first-order valence-electron chi connectivity index (χ1n) is 8.36. The molecule has 2 N–H and O–H groups in total. The third-order valence-corrected chi connectivity index (χ3v) is 4.33. The number of halogens is 1. The van der Waals surface area contributed by atoms with Gasteiger partial charge in [-0.25, -0.2) is 0 Å². The Balaban J connectivity index is 1.73. The third kappa shape index (κ3) is 7.15. The first kappa shape index (κ1) is 20.5. The molecule has 0 aromatic heterocycles. The van der Waals surface area contributed by atoms with E-state index in [2.05, 4.69) is 26.8 Å². The maximum absolute atomic E-state index is 11.8. The van der Waals surface area contributed by atoms with Gasteiger partial charge in [-0.3, -0.25) is 20.4 Å². The molecule has 0 saturated heterocycles. The minimum atomic E-state index is -0.460. The van der Waals surface area contributed by atoms with E-state index in [0.717, 1.165) is 21.3 Å². The average molecular weight is 433 g/mol. The summed E-state index contributed by atoms with van der Waals surface area (Å²) < 4.78 is 11.7. The van der Waals surface area contributed by atoms with Crippen LogP contribution < -0.4 is 20.3 Å². The highest BCUT2D eigenvalue weighted by Crippen LogP contribution is 2.21. The van der Waals surface area contributed by atoms with Crippen molar-refractivity contribution in [1.29, 1.82) is 0 Å². The molecule has 0 aliphatic rings. The molecule has 0 saturated carbocycles. The van der Waals surface area contributed by atoms with Gasteiger partial charge in [0.05, 0.1) is 6.61 Å². The van der Waals surface area contributed by atoms with Gasteiger partial charge in [0.25, 0.3) is 11.8 Å². The molecule has 2 aromatic carbocycles.